The van der Waals surface area contributed by atoms with Gasteiger partial charge in [0, 0.05) is 11.4 Å². The second kappa shape index (κ2) is 8.85. The first-order valence-corrected chi connectivity index (χ1v) is 8.23. The maximum atomic E-state index is 12.6. The van der Waals surface area contributed by atoms with Crippen LogP contribution in [-0.4, -0.2) is 47.3 Å². The number of aliphatic carboxylic acids is 2. The molecule has 0 spiro atoms. The van der Waals surface area contributed by atoms with E-state index in [0.29, 0.717) is 17.0 Å². The molecule has 28 heavy (non-hydrogen) atoms. The molecular formula is C19H19NO8. The van der Waals surface area contributed by atoms with Crippen molar-refractivity contribution < 1.29 is 38.9 Å². The number of hydrogen-bond acceptors (Lipinski definition) is 7. The number of benzene rings is 1. The Morgan fingerprint density at radius 3 is 1.68 bits per heavy atom. The number of carbonyl (C=O) groups is 4. The van der Waals surface area contributed by atoms with Gasteiger partial charge in [-0.05, 0) is 19.4 Å². The SMILES string of the molecule is CC1=C(C(=O)OCC(=O)O)C(c2ccccc2)C(C(=O)OCC(=O)O)=C(C)N1. The van der Waals surface area contributed by atoms with E-state index in [-0.39, 0.29) is 11.1 Å². The number of carboxylic acid groups (broad SMARTS) is 2. The summed E-state index contributed by atoms with van der Waals surface area (Å²) in [4.78, 5) is 46.7. The zero-order valence-corrected chi connectivity index (χ0v) is 15.2. The quantitative estimate of drug-likeness (QED) is 0.586. The van der Waals surface area contributed by atoms with Gasteiger partial charge < -0.3 is 25.0 Å². The lowest BCUT2D eigenvalue weighted by molar-refractivity contribution is -0.153. The fraction of sp³-hybridized carbons (Fsp3) is 0.263. The first-order valence-electron chi connectivity index (χ1n) is 8.23. The third kappa shape index (κ3) is 4.76. The zero-order valence-electron chi connectivity index (χ0n) is 15.2. The number of carboxylic acids is 2. The molecule has 1 aliphatic rings. The zero-order chi connectivity index (χ0) is 20.8. The predicted molar refractivity (Wildman–Crippen MR) is 94.9 cm³/mol. The maximum absolute atomic E-state index is 12.6. The van der Waals surface area contributed by atoms with Crippen molar-refractivity contribution in [2.24, 2.45) is 0 Å². The molecule has 9 heteroatoms. The normalized spacial score (nSPS) is 14.4. The third-order valence-corrected chi connectivity index (χ3v) is 3.99. The van der Waals surface area contributed by atoms with Gasteiger partial charge in [0.2, 0.25) is 0 Å². The topological polar surface area (TPSA) is 139 Å². The number of ether oxygens (including phenoxy) is 2. The maximum Gasteiger partial charge on any atom is 0.341 e. The first-order chi connectivity index (χ1) is 13.2. The largest absolute Gasteiger partial charge is 0.479 e. The van der Waals surface area contributed by atoms with E-state index in [9.17, 15) is 19.2 Å². The Morgan fingerprint density at radius 1 is 0.857 bits per heavy atom. The van der Waals surface area contributed by atoms with Crippen LogP contribution in [0.4, 0.5) is 0 Å². The van der Waals surface area contributed by atoms with E-state index in [2.05, 4.69) is 5.32 Å². The summed E-state index contributed by atoms with van der Waals surface area (Å²) in [7, 11) is 0. The van der Waals surface area contributed by atoms with Crippen molar-refractivity contribution in [1.29, 1.82) is 0 Å². The summed E-state index contributed by atoms with van der Waals surface area (Å²) in [5, 5.41) is 20.4. The lowest BCUT2D eigenvalue weighted by Gasteiger charge is -2.30. The number of carbonyl (C=O) groups excluding carboxylic acids is 2. The molecule has 0 bridgehead atoms. The van der Waals surface area contributed by atoms with Crippen molar-refractivity contribution in [2.75, 3.05) is 13.2 Å². The van der Waals surface area contributed by atoms with Crippen LogP contribution in [0.3, 0.4) is 0 Å². The Hall–Kier alpha value is -3.62. The van der Waals surface area contributed by atoms with Crippen LogP contribution in [0.1, 0.15) is 25.3 Å². The van der Waals surface area contributed by atoms with E-state index < -0.39 is 43.0 Å². The Kier molecular flexibility index (Phi) is 6.54. The molecule has 0 saturated heterocycles. The highest BCUT2D eigenvalue weighted by Crippen LogP contribution is 2.39. The second-order valence-corrected chi connectivity index (χ2v) is 5.99. The summed E-state index contributed by atoms with van der Waals surface area (Å²) in [5.74, 6) is -5.36. The van der Waals surface area contributed by atoms with Gasteiger partial charge in [0.15, 0.2) is 13.2 Å². The van der Waals surface area contributed by atoms with E-state index in [4.69, 9.17) is 19.7 Å². The van der Waals surface area contributed by atoms with Crippen molar-refractivity contribution in [1.82, 2.24) is 5.32 Å². The van der Waals surface area contributed by atoms with Gasteiger partial charge in [-0.1, -0.05) is 30.3 Å². The molecule has 3 N–H and O–H groups in total. The van der Waals surface area contributed by atoms with Crippen LogP contribution >= 0.6 is 0 Å². The number of dihydropyridines is 1. The van der Waals surface area contributed by atoms with Crippen molar-refractivity contribution in [3.63, 3.8) is 0 Å². The van der Waals surface area contributed by atoms with Crippen molar-refractivity contribution >= 4 is 23.9 Å². The summed E-state index contributed by atoms with van der Waals surface area (Å²) >= 11 is 0. The fourth-order valence-electron chi connectivity index (χ4n) is 2.92. The van der Waals surface area contributed by atoms with Crippen LogP contribution in [0, 0.1) is 0 Å². The minimum absolute atomic E-state index is 0.0420. The Bertz CT molecular complexity index is 817. The number of nitrogens with one attached hydrogen (secondary N) is 1. The van der Waals surface area contributed by atoms with Crippen LogP contribution in [-0.2, 0) is 28.7 Å². The Labute approximate surface area is 160 Å². The summed E-state index contributed by atoms with van der Waals surface area (Å²) in [5.41, 5.74) is 1.42. The summed E-state index contributed by atoms with van der Waals surface area (Å²) in [6.07, 6.45) is 0. The van der Waals surface area contributed by atoms with Gasteiger partial charge in [-0.25, -0.2) is 19.2 Å². The van der Waals surface area contributed by atoms with E-state index in [1.54, 1.807) is 44.2 Å². The van der Waals surface area contributed by atoms with Gasteiger partial charge in [-0.2, -0.15) is 0 Å². The molecular weight excluding hydrogens is 370 g/mol. The molecule has 0 fully saturated rings. The smallest absolute Gasteiger partial charge is 0.341 e. The van der Waals surface area contributed by atoms with Gasteiger partial charge in [0.05, 0.1) is 17.1 Å². The van der Waals surface area contributed by atoms with E-state index >= 15 is 0 Å². The molecule has 0 atom stereocenters. The monoisotopic (exact) mass is 389 g/mol. The van der Waals surface area contributed by atoms with Gasteiger partial charge >= 0.3 is 23.9 Å². The van der Waals surface area contributed by atoms with E-state index in [1.807, 2.05) is 0 Å². The molecule has 0 aliphatic carbocycles. The molecule has 1 aliphatic heterocycles. The average molecular weight is 389 g/mol. The summed E-state index contributed by atoms with van der Waals surface area (Å²) < 4.78 is 9.64. The van der Waals surface area contributed by atoms with Gasteiger partial charge in [0.25, 0.3) is 0 Å². The van der Waals surface area contributed by atoms with Crippen molar-refractivity contribution in [3.8, 4) is 0 Å². The highest BCUT2D eigenvalue weighted by atomic mass is 16.6. The second-order valence-electron chi connectivity index (χ2n) is 5.99. The molecule has 0 radical (unpaired) electrons. The first kappa shape index (κ1) is 20.7. The molecule has 9 nitrogen and oxygen atoms in total. The third-order valence-electron chi connectivity index (χ3n) is 3.99. The standard InChI is InChI=1S/C19H19NO8/c1-10-15(18(25)27-8-13(21)22)17(12-6-4-3-5-7-12)16(11(2)20-10)19(26)28-9-14(23)24/h3-7,17,20H,8-9H2,1-2H3,(H,21,22)(H,23,24). The van der Waals surface area contributed by atoms with Crippen LogP contribution < -0.4 is 5.32 Å². The van der Waals surface area contributed by atoms with E-state index in [0.717, 1.165) is 0 Å². The molecule has 0 amide bonds. The van der Waals surface area contributed by atoms with Crippen molar-refractivity contribution in [3.05, 3.63) is 58.4 Å². The average Bonchev–Trinajstić information content (AvgIpc) is 2.64. The lowest BCUT2D eigenvalue weighted by Crippen LogP contribution is -2.33. The Balaban J connectivity index is 2.50. The van der Waals surface area contributed by atoms with Crippen LogP contribution in [0.2, 0.25) is 0 Å². The molecule has 2 rings (SSSR count). The number of rotatable bonds is 7. The Morgan fingerprint density at radius 2 is 1.29 bits per heavy atom. The number of hydrogen-bond donors (Lipinski definition) is 3. The molecule has 0 aromatic heterocycles. The minimum Gasteiger partial charge on any atom is -0.479 e. The van der Waals surface area contributed by atoms with Crippen LogP contribution in [0.25, 0.3) is 0 Å². The molecule has 0 saturated carbocycles. The number of allylic oxidation sites excluding steroid dienone is 2. The molecule has 1 aromatic carbocycles. The predicted octanol–water partition coefficient (Wildman–Crippen LogP) is 1.18. The van der Waals surface area contributed by atoms with E-state index in [1.165, 1.54) is 0 Å². The summed E-state index contributed by atoms with van der Waals surface area (Å²) in [6, 6.07) is 8.55. The highest BCUT2D eigenvalue weighted by Gasteiger charge is 2.38. The molecule has 1 aromatic rings. The fourth-order valence-corrected chi connectivity index (χ4v) is 2.92. The van der Waals surface area contributed by atoms with Gasteiger partial charge in [-0.3, -0.25) is 0 Å². The summed E-state index contributed by atoms with van der Waals surface area (Å²) in [6.45, 7) is 1.52. The van der Waals surface area contributed by atoms with Crippen LogP contribution in [0.15, 0.2) is 52.9 Å². The lowest BCUT2D eigenvalue weighted by atomic mass is 9.80. The molecule has 1 heterocycles. The molecule has 0 unspecified atom stereocenters. The number of esters is 2. The van der Waals surface area contributed by atoms with Gasteiger partial charge in [0.1, 0.15) is 0 Å². The van der Waals surface area contributed by atoms with Crippen LogP contribution in [0.5, 0.6) is 0 Å². The minimum atomic E-state index is -1.32. The van der Waals surface area contributed by atoms with Crippen molar-refractivity contribution in [2.45, 2.75) is 19.8 Å². The molecule has 148 valence electrons. The highest BCUT2D eigenvalue weighted by molar-refractivity contribution is 6.00. The van der Waals surface area contributed by atoms with Gasteiger partial charge in [-0.15, -0.1) is 0 Å².